The van der Waals surface area contributed by atoms with E-state index in [0.717, 1.165) is 4.90 Å². The third-order valence-corrected chi connectivity index (χ3v) is 4.25. The molecule has 1 aromatic carbocycles. The number of hydrogen-bond donors (Lipinski definition) is 1. The maximum atomic E-state index is 12.4. The second kappa shape index (κ2) is 7.45. The summed E-state index contributed by atoms with van der Waals surface area (Å²) >= 11 is 0. The van der Waals surface area contributed by atoms with Crippen LogP contribution < -0.4 is 5.32 Å². The Balaban J connectivity index is 1.56. The fraction of sp³-hybridized carbons (Fsp3) is 0.263. The van der Waals surface area contributed by atoms with Gasteiger partial charge in [0.1, 0.15) is 11.8 Å². The Morgan fingerprint density at radius 1 is 1.07 bits per heavy atom. The molecule has 0 aliphatic carbocycles. The predicted octanol–water partition coefficient (Wildman–Crippen LogP) is 1.68. The minimum Gasteiger partial charge on any atom is -0.467 e. The van der Waals surface area contributed by atoms with E-state index in [1.165, 1.54) is 25.3 Å². The number of nitrogens with one attached hydrogen (secondary N) is 1. The van der Waals surface area contributed by atoms with Gasteiger partial charge in [-0.15, -0.1) is 0 Å². The molecule has 8 heteroatoms. The van der Waals surface area contributed by atoms with Gasteiger partial charge >= 0.3 is 5.97 Å². The van der Waals surface area contributed by atoms with E-state index < -0.39 is 36.3 Å². The monoisotopic (exact) mass is 370 g/mol. The van der Waals surface area contributed by atoms with E-state index in [9.17, 15) is 19.2 Å². The highest BCUT2D eigenvalue weighted by molar-refractivity contribution is 6.22. The summed E-state index contributed by atoms with van der Waals surface area (Å²) in [5, 5.41) is 2.62. The van der Waals surface area contributed by atoms with Gasteiger partial charge in [0, 0.05) is 0 Å². The van der Waals surface area contributed by atoms with Crippen LogP contribution in [0.3, 0.4) is 0 Å². The zero-order valence-electron chi connectivity index (χ0n) is 14.8. The average molecular weight is 370 g/mol. The van der Waals surface area contributed by atoms with Gasteiger partial charge in [0.05, 0.1) is 23.4 Å². The van der Waals surface area contributed by atoms with Gasteiger partial charge in [-0.3, -0.25) is 19.3 Å². The van der Waals surface area contributed by atoms with Crippen LogP contribution in [0.25, 0.3) is 0 Å². The molecule has 1 aliphatic rings. The summed E-state index contributed by atoms with van der Waals surface area (Å²) < 4.78 is 10.1. The van der Waals surface area contributed by atoms with Crippen molar-refractivity contribution in [3.05, 3.63) is 59.5 Å². The number of nitrogens with zero attached hydrogens (tertiary/aromatic N) is 1. The lowest BCUT2D eigenvalue weighted by Crippen LogP contribution is -2.44. The second-order valence-corrected chi connectivity index (χ2v) is 6.11. The second-order valence-electron chi connectivity index (χ2n) is 6.11. The summed E-state index contributed by atoms with van der Waals surface area (Å²) in [7, 11) is 0. The van der Waals surface area contributed by atoms with E-state index in [1.54, 1.807) is 31.2 Å². The Hall–Kier alpha value is -3.42. The van der Waals surface area contributed by atoms with Crippen LogP contribution in [0, 0.1) is 0 Å². The number of carbonyl (C=O) groups is 4. The smallest absolute Gasteiger partial charge is 0.329 e. The SMILES string of the molecule is C[C@H](NC(=O)COC(=O)[C@@H](C)N1C(=O)c2ccccc2C1=O)c1ccco1. The van der Waals surface area contributed by atoms with Crippen molar-refractivity contribution < 1.29 is 28.3 Å². The van der Waals surface area contributed by atoms with Crippen molar-refractivity contribution in [2.45, 2.75) is 25.9 Å². The van der Waals surface area contributed by atoms with E-state index in [4.69, 9.17) is 9.15 Å². The zero-order chi connectivity index (χ0) is 19.6. The molecule has 2 atom stereocenters. The lowest BCUT2D eigenvalue weighted by atomic mass is 10.1. The maximum absolute atomic E-state index is 12.4. The fourth-order valence-electron chi connectivity index (χ4n) is 2.81. The van der Waals surface area contributed by atoms with Gasteiger partial charge in [0.25, 0.3) is 17.7 Å². The summed E-state index contributed by atoms with van der Waals surface area (Å²) in [6, 6.07) is 8.20. The lowest BCUT2D eigenvalue weighted by Gasteiger charge is -2.21. The van der Waals surface area contributed by atoms with Gasteiger partial charge < -0.3 is 14.5 Å². The molecule has 0 unspecified atom stereocenters. The normalized spacial score (nSPS) is 15.3. The number of benzene rings is 1. The molecule has 0 saturated carbocycles. The van der Waals surface area contributed by atoms with Crippen molar-refractivity contribution in [2.75, 3.05) is 6.61 Å². The van der Waals surface area contributed by atoms with Gasteiger partial charge in [-0.05, 0) is 38.1 Å². The van der Waals surface area contributed by atoms with Crippen LogP contribution in [-0.4, -0.2) is 41.2 Å². The molecule has 0 saturated heterocycles. The number of amides is 3. The van der Waals surface area contributed by atoms with Crippen LogP contribution in [0.4, 0.5) is 0 Å². The Morgan fingerprint density at radius 2 is 1.70 bits per heavy atom. The molecular weight excluding hydrogens is 352 g/mol. The van der Waals surface area contributed by atoms with E-state index in [-0.39, 0.29) is 17.2 Å². The molecule has 0 bridgehead atoms. The molecule has 1 aromatic heterocycles. The van der Waals surface area contributed by atoms with Crippen LogP contribution in [0.2, 0.25) is 0 Å². The van der Waals surface area contributed by atoms with Crippen molar-refractivity contribution in [3.8, 4) is 0 Å². The molecule has 1 aliphatic heterocycles. The first-order valence-electron chi connectivity index (χ1n) is 8.36. The van der Waals surface area contributed by atoms with Gasteiger partial charge in [-0.1, -0.05) is 12.1 Å². The van der Waals surface area contributed by atoms with Crippen molar-refractivity contribution in [1.82, 2.24) is 10.2 Å². The van der Waals surface area contributed by atoms with Crippen LogP contribution in [0.15, 0.2) is 47.1 Å². The highest BCUT2D eigenvalue weighted by Crippen LogP contribution is 2.24. The van der Waals surface area contributed by atoms with Gasteiger partial charge in [-0.25, -0.2) is 4.79 Å². The average Bonchev–Trinajstić information content (AvgIpc) is 3.28. The highest BCUT2D eigenvalue weighted by Gasteiger charge is 2.41. The number of ether oxygens (including phenoxy) is 1. The van der Waals surface area contributed by atoms with Crippen molar-refractivity contribution in [2.24, 2.45) is 0 Å². The first-order chi connectivity index (χ1) is 12.9. The molecule has 2 aromatic rings. The Kier molecular flexibility index (Phi) is 5.07. The van der Waals surface area contributed by atoms with Crippen molar-refractivity contribution in [3.63, 3.8) is 0 Å². The predicted molar refractivity (Wildman–Crippen MR) is 92.6 cm³/mol. The third kappa shape index (κ3) is 3.59. The van der Waals surface area contributed by atoms with Crippen LogP contribution in [0.1, 0.15) is 46.4 Å². The van der Waals surface area contributed by atoms with E-state index in [1.807, 2.05) is 0 Å². The van der Waals surface area contributed by atoms with Crippen molar-refractivity contribution >= 4 is 23.7 Å². The van der Waals surface area contributed by atoms with Crippen molar-refractivity contribution in [1.29, 1.82) is 0 Å². The molecule has 1 N–H and O–H groups in total. The summed E-state index contributed by atoms with van der Waals surface area (Å²) in [5.41, 5.74) is 0.485. The third-order valence-electron chi connectivity index (χ3n) is 4.25. The standard InChI is InChI=1S/C19H18N2O6/c1-11(15-8-5-9-26-15)20-16(22)10-27-19(25)12(2)21-17(23)13-6-3-4-7-14(13)18(21)24/h3-9,11-12H,10H2,1-2H3,(H,20,22)/t11-,12+/m0/s1. The van der Waals surface area contributed by atoms with E-state index >= 15 is 0 Å². The number of fused-ring (bicyclic) bond motifs is 1. The molecule has 27 heavy (non-hydrogen) atoms. The number of imide groups is 1. The minimum atomic E-state index is -1.15. The van der Waals surface area contributed by atoms with Gasteiger partial charge in [0.15, 0.2) is 6.61 Å². The first kappa shape index (κ1) is 18.4. The number of esters is 1. The highest BCUT2D eigenvalue weighted by atomic mass is 16.5. The van der Waals surface area contributed by atoms with Crippen LogP contribution in [0.5, 0.6) is 0 Å². The largest absolute Gasteiger partial charge is 0.467 e. The summed E-state index contributed by atoms with van der Waals surface area (Å²) in [6.07, 6.45) is 1.49. The quantitative estimate of drug-likeness (QED) is 0.613. The molecule has 3 rings (SSSR count). The Bertz CT molecular complexity index is 854. The Morgan fingerprint density at radius 3 is 2.26 bits per heavy atom. The molecule has 0 spiro atoms. The molecule has 2 heterocycles. The maximum Gasteiger partial charge on any atom is 0.329 e. The first-order valence-corrected chi connectivity index (χ1v) is 8.36. The molecule has 8 nitrogen and oxygen atoms in total. The fourth-order valence-corrected chi connectivity index (χ4v) is 2.81. The van der Waals surface area contributed by atoms with Gasteiger partial charge in [0.2, 0.25) is 0 Å². The number of furan rings is 1. The van der Waals surface area contributed by atoms with Gasteiger partial charge in [-0.2, -0.15) is 0 Å². The lowest BCUT2D eigenvalue weighted by molar-refractivity contribution is -0.152. The molecule has 0 radical (unpaired) electrons. The minimum absolute atomic E-state index is 0.243. The molecule has 0 fully saturated rings. The van der Waals surface area contributed by atoms with E-state index in [0.29, 0.717) is 5.76 Å². The molecular formula is C19H18N2O6. The Labute approximate surface area is 155 Å². The molecule has 3 amide bonds. The van der Waals surface area contributed by atoms with E-state index in [2.05, 4.69) is 5.32 Å². The zero-order valence-corrected chi connectivity index (χ0v) is 14.8. The topological polar surface area (TPSA) is 106 Å². The number of rotatable bonds is 6. The summed E-state index contributed by atoms with van der Waals surface area (Å²) in [6.45, 7) is 2.57. The van der Waals surface area contributed by atoms with Crippen LogP contribution in [-0.2, 0) is 14.3 Å². The number of carbonyl (C=O) groups excluding carboxylic acids is 4. The summed E-state index contributed by atoms with van der Waals surface area (Å²) in [4.78, 5) is 49.7. The van der Waals surface area contributed by atoms with Crippen LogP contribution >= 0.6 is 0 Å². The molecule has 140 valence electrons. The summed E-state index contributed by atoms with van der Waals surface area (Å²) in [5.74, 6) is -1.92. The number of hydrogen-bond acceptors (Lipinski definition) is 6.